The van der Waals surface area contributed by atoms with Gasteiger partial charge in [-0.1, -0.05) is 0 Å². The van der Waals surface area contributed by atoms with Crippen LogP contribution in [0.1, 0.15) is 34.9 Å². The number of hydrogen-bond acceptors (Lipinski definition) is 3. The van der Waals surface area contributed by atoms with Crippen LogP contribution in [0.25, 0.3) is 11.0 Å². The summed E-state index contributed by atoms with van der Waals surface area (Å²) < 4.78 is 5.56. The van der Waals surface area contributed by atoms with Gasteiger partial charge in [0.25, 0.3) is 0 Å². The molecule has 3 rings (SSSR count). The van der Waals surface area contributed by atoms with Crippen molar-refractivity contribution in [2.45, 2.75) is 18.8 Å². The van der Waals surface area contributed by atoms with Crippen molar-refractivity contribution in [2.75, 3.05) is 0 Å². The Morgan fingerprint density at radius 3 is 2.93 bits per heavy atom. The molecule has 0 unspecified atom stereocenters. The average Bonchev–Trinajstić information content (AvgIpc) is 2.96. The van der Waals surface area contributed by atoms with Crippen molar-refractivity contribution in [1.29, 1.82) is 0 Å². The lowest BCUT2D eigenvalue weighted by Crippen LogP contribution is -1.96. The molecule has 1 fully saturated rings. The zero-order valence-electron chi connectivity index (χ0n) is 7.93. The summed E-state index contributed by atoms with van der Waals surface area (Å²) in [4.78, 5) is 14.8. The maximum atomic E-state index is 10.9. The first kappa shape index (κ1) is 8.47. The molecular formula is C11H9NO3. The van der Waals surface area contributed by atoms with E-state index < -0.39 is 5.97 Å². The Morgan fingerprint density at radius 1 is 1.47 bits per heavy atom. The van der Waals surface area contributed by atoms with Crippen molar-refractivity contribution >= 4 is 16.9 Å². The van der Waals surface area contributed by atoms with Crippen LogP contribution in [-0.4, -0.2) is 16.1 Å². The molecule has 0 spiro atoms. The lowest BCUT2D eigenvalue weighted by molar-refractivity contribution is 0.0697. The SMILES string of the molecule is O=C(O)c1cncc2cc(C3CC3)oc12. The minimum atomic E-state index is -0.996. The molecule has 4 nitrogen and oxygen atoms in total. The zero-order chi connectivity index (χ0) is 10.4. The molecule has 0 aliphatic heterocycles. The highest BCUT2D eigenvalue weighted by atomic mass is 16.4. The van der Waals surface area contributed by atoms with Gasteiger partial charge in [0.1, 0.15) is 11.3 Å². The molecule has 76 valence electrons. The van der Waals surface area contributed by atoms with Gasteiger partial charge in [-0.25, -0.2) is 4.79 Å². The van der Waals surface area contributed by atoms with E-state index in [1.807, 2.05) is 6.07 Å². The van der Waals surface area contributed by atoms with Crippen LogP contribution in [0.3, 0.4) is 0 Å². The molecule has 2 aromatic rings. The summed E-state index contributed by atoms with van der Waals surface area (Å²) in [6.45, 7) is 0. The summed E-state index contributed by atoms with van der Waals surface area (Å²) in [6.07, 6.45) is 5.23. The van der Waals surface area contributed by atoms with E-state index in [0.717, 1.165) is 24.0 Å². The molecule has 0 saturated heterocycles. The van der Waals surface area contributed by atoms with E-state index >= 15 is 0 Å². The van der Waals surface area contributed by atoms with Gasteiger partial charge in [-0.05, 0) is 18.9 Å². The molecule has 1 saturated carbocycles. The van der Waals surface area contributed by atoms with Crippen molar-refractivity contribution in [2.24, 2.45) is 0 Å². The van der Waals surface area contributed by atoms with Crippen molar-refractivity contribution in [3.8, 4) is 0 Å². The van der Waals surface area contributed by atoms with Crippen molar-refractivity contribution in [3.05, 3.63) is 29.8 Å². The molecule has 2 aromatic heterocycles. The Morgan fingerprint density at radius 2 is 2.27 bits per heavy atom. The van der Waals surface area contributed by atoms with Gasteiger partial charge in [0.2, 0.25) is 0 Å². The van der Waals surface area contributed by atoms with Gasteiger partial charge in [0, 0.05) is 23.7 Å². The fourth-order valence-corrected chi connectivity index (χ4v) is 1.70. The van der Waals surface area contributed by atoms with E-state index in [1.54, 1.807) is 6.20 Å². The predicted molar refractivity (Wildman–Crippen MR) is 52.9 cm³/mol. The second-order valence-corrected chi connectivity index (χ2v) is 3.83. The van der Waals surface area contributed by atoms with Gasteiger partial charge < -0.3 is 9.52 Å². The molecule has 0 aromatic carbocycles. The highest BCUT2D eigenvalue weighted by Gasteiger charge is 2.28. The summed E-state index contributed by atoms with van der Waals surface area (Å²) in [5.74, 6) is 0.379. The number of hydrogen-bond donors (Lipinski definition) is 1. The van der Waals surface area contributed by atoms with Crippen LogP contribution in [0.5, 0.6) is 0 Å². The third-order valence-corrected chi connectivity index (χ3v) is 2.65. The van der Waals surface area contributed by atoms with Crippen LogP contribution in [0.4, 0.5) is 0 Å². The number of pyridine rings is 1. The minimum absolute atomic E-state index is 0.138. The number of aromatic carboxylic acids is 1. The third-order valence-electron chi connectivity index (χ3n) is 2.65. The van der Waals surface area contributed by atoms with E-state index in [0.29, 0.717) is 11.5 Å². The van der Waals surface area contributed by atoms with Gasteiger partial charge >= 0.3 is 5.97 Å². The maximum Gasteiger partial charge on any atom is 0.341 e. The van der Waals surface area contributed by atoms with Gasteiger partial charge in [0.15, 0.2) is 5.58 Å². The molecule has 0 bridgehead atoms. The number of carbonyl (C=O) groups is 1. The van der Waals surface area contributed by atoms with Crippen LogP contribution in [0.15, 0.2) is 22.9 Å². The Hall–Kier alpha value is -1.84. The van der Waals surface area contributed by atoms with Crippen LogP contribution in [0, 0.1) is 0 Å². The van der Waals surface area contributed by atoms with Crippen LogP contribution < -0.4 is 0 Å². The lowest BCUT2D eigenvalue weighted by atomic mass is 10.2. The molecule has 2 heterocycles. The number of aromatic nitrogens is 1. The van der Waals surface area contributed by atoms with E-state index in [2.05, 4.69) is 4.98 Å². The molecule has 15 heavy (non-hydrogen) atoms. The Labute approximate surface area is 85.5 Å². The molecule has 1 N–H and O–H groups in total. The van der Waals surface area contributed by atoms with E-state index in [9.17, 15) is 4.79 Å². The highest BCUT2D eigenvalue weighted by Crippen LogP contribution is 2.42. The first-order chi connectivity index (χ1) is 7.25. The summed E-state index contributed by atoms with van der Waals surface area (Å²) in [5.41, 5.74) is 0.582. The number of furan rings is 1. The normalized spacial score (nSPS) is 15.7. The second-order valence-electron chi connectivity index (χ2n) is 3.83. The standard InChI is InChI=1S/C11H9NO3/c13-11(14)8-5-12-4-7-3-9(6-1-2-6)15-10(7)8/h3-6H,1-2H2,(H,13,14). The Balaban J connectivity index is 2.23. The van der Waals surface area contributed by atoms with Crippen LogP contribution in [0.2, 0.25) is 0 Å². The first-order valence-electron chi connectivity index (χ1n) is 4.86. The van der Waals surface area contributed by atoms with E-state index in [4.69, 9.17) is 9.52 Å². The summed E-state index contributed by atoms with van der Waals surface area (Å²) in [6, 6.07) is 1.90. The predicted octanol–water partition coefficient (Wildman–Crippen LogP) is 2.40. The van der Waals surface area contributed by atoms with Crippen LogP contribution >= 0.6 is 0 Å². The largest absolute Gasteiger partial charge is 0.477 e. The number of carboxylic acid groups (broad SMARTS) is 1. The molecule has 4 heteroatoms. The summed E-state index contributed by atoms with van der Waals surface area (Å²) in [5, 5.41) is 9.72. The molecule has 0 radical (unpaired) electrons. The monoisotopic (exact) mass is 203 g/mol. The lowest BCUT2D eigenvalue weighted by Gasteiger charge is -1.93. The highest BCUT2D eigenvalue weighted by molar-refractivity contribution is 6.00. The van der Waals surface area contributed by atoms with Crippen molar-refractivity contribution in [3.63, 3.8) is 0 Å². The van der Waals surface area contributed by atoms with Crippen molar-refractivity contribution in [1.82, 2.24) is 4.98 Å². The summed E-state index contributed by atoms with van der Waals surface area (Å²) in [7, 11) is 0. The number of rotatable bonds is 2. The van der Waals surface area contributed by atoms with E-state index in [1.165, 1.54) is 6.20 Å². The zero-order valence-corrected chi connectivity index (χ0v) is 7.93. The molecular weight excluding hydrogens is 194 g/mol. The topological polar surface area (TPSA) is 63.3 Å². The number of fused-ring (bicyclic) bond motifs is 1. The Bertz CT molecular complexity index is 540. The molecule has 0 atom stereocenters. The van der Waals surface area contributed by atoms with Gasteiger partial charge in [-0.2, -0.15) is 0 Å². The van der Waals surface area contributed by atoms with Crippen LogP contribution in [-0.2, 0) is 0 Å². The van der Waals surface area contributed by atoms with Crippen molar-refractivity contribution < 1.29 is 14.3 Å². The second kappa shape index (κ2) is 2.82. The smallest absolute Gasteiger partial charge is 0.341 e. The Kier molecular flexibility index (Phi) is 1.59. The summed E-state index contributed by atoms with van der Waals surface area (Å²) >= 11 is 0. The third kappa shape index (κ3) is 1.29. The minimum Gasteiger partial charge on any atom is -0.477 e. The average molecular weight is 203 g/mol. The fourth-order valence-electron chi connectivity index (χ4n) is 1.70. The van der Waals surface area contributed by atoms with Gasteiger partial charge in [-0.15, -0.1) is 0 Å². The molecule has 0 amide bonds. The maximum absolute atomic E-state index is 10.9. The number of carboxylic acids is 1. The molecule has 1 aliphatic carbocycles. The number of nitrogens with zero attached hydrogens (tertiary/aromatic N) is 1. The quantitative estimate of drug-likeness (QED) is 0.813. The van der Waals surface area contributed by atoms with Gasteiger partial charge in [-0.3, -0.25) is 4.98 Å². The van der Waals surface area contributed by atoms with E-state index in [-0.39, 0.29) is 5.56 Å². The fraction of sp³-hybridized carbons (Fsp3) is 0.273. The first-order valence-corrected chi connectivity index (χ1v) is 4.86. The van der Waals surface area contributed by atoms with Gasteiger partial charge in [0.05, 0.1) is 0 Å². The molecule has 1 aliphatic rings.